The van der Waals surface area contributed by atoms with Gasteiger partial charge in [-0.15, -0.1) is 0 Å². The maximum absolute atomic E-state index is 9.73. The molecular formula is C14H26O3. The van der Waals surface area contributed by atoms with Gasteiger partial charge < -0.3 is 14.6 Å². The van der Waals surface area contributed by atoms with Gasteiger partial charge in [-0.05, 0) is 34.6 Å². The van der Waals surface area contributed by atoms with E-state index in [1.165, 1.54) is 0 Å². The van der Waals surface area contributed by atoms with E-state index in [9.17, 15) is 5.11 Å². The molecular weight excluding hydrogens is 216 g/mol. The van der Waals surface area contributed by atoms with Crippen LogP contribution >= 0.6 is 0 Å². The van der Waals surface area contributed by atoms with Crippen LogP contribution in [0.4, 0.5) is 0 Å². The van der Waals surface area contributed by atoms with E-state index in [4.69, 9.17) is 9.47 Å². The number of ether oxygens (including phenoxy) is 2. The molecule has 0 aromatic heterocycles. The Morgan fingerprint density at radius 2 is 1.59 bits per heavy atom. The van der Waals surface area contributed by atoms with Crippen molar-refractivity contribution in [2.45, 2.75) is 53.4 Å². The molecule has 0 saturated heterocycles. The second-order valence-corrected chi connectivity index (χ2v) is 4.29. The lowest BCUT2D eigenvalue weighted by Gasteiger charge is -2.17. The van der Waals surface area contributed by atoms with Crippen molar-refractivity contribution < 1.29 is 14.6 Å². The molecule has 3 nitrogen and oxygen atoms in total. The Morgan fingerprint density at radius 1 is 1.06 bits per heavy atom. The standard InChI is InChI=1S/C14H26O3/c1-6-16-14(17-7-2)10-12(5)9-13(15)8-11(3)4/h8-9,13-15H,6-7,10H2,1-5H3/b12-9+. The summed E-state index contributed by atoms with van der Waals surface area (Å²) in [7, 11) is 0. The molecule has 1 atom stereocenters. The molecule has 0 aliphatic carbocycles. The lowest BCUT2D eigenvalue weighted by atomic mass is 10.1. The first-order chi connectivity index (χ1) is 7.99. The van der Waals surface area contributed by atoms with Crippen molar-refractivity contribution in [2.24, 2.45) is 0 Å². The second-order valence-electron chi connectivity index (χ2n) is 4.29. The molecule has 17 heavy (non-hydrogen) atoms. The lowest BCUT2D eigenvalue weighted by Crippen LogP contribution is -2.18. The fourth-order valence-electron chi connectivity index (χ4n) is 1.55. The minimum atomic E-state index is -0.524. The number of allylic oxidation sites excluding steroid dienone is 1. The number of aliphatic hydroxyl groups is 1. The van der Waals surface area contributed by atoms with Gasteiger partial charge in [-0.2, -0.15) is 0 Å². The average molecular weight is 242 g/mol. The Balaban J connectivity index is 4.32. The minimum Gasteiger partial charge on any atom is -0.385 e. The van der Waals surface area contributed by atoms with Crippen LogP contribution in [0.15, 0.2) is 23.3 Å². The molecule has 0 radical (unpaired) electrons. The summed E-state index contributed by atoms with van der Waals surface area (Å²) >= 11 is 0. The van der Waals surface area contributed by atoms with Crippen molar-refractivity contribution in [3.8, 4) is 0 Å². The molecule has 0 saturated carbocycles. The summed E-state index contributed by atoms with van der Waals surface area (Å²) in [6.07, 6.45) is 3.61. The second kappa shape index (κ2) is 9.40. The van der Waals surface area contributed by atoms with E-state index >= 15 is 0 Å². The zero-order chi connectivity index (χ0) is 13.3. The third-order valence-electron chi connectivity index (χ3n) is 2.15. The molecule has 0 heterocycles. The van der Waals surface area contributed by atoms with Gasteiger partial charge in [0.05, 0.1) is 6.10 Å². The monoisotopic (exact) mass is 242 g/mol. The van der Waals surface area contributed by atoms with Crippen molar-refractivity contribution in [3.63, 3.8) is 0 Å². The summed E-state index contributed by atoms with van der Waals surface area (Å²) in [5.41, 5.74) is 2.18. The Labute approximate surface area is 105 Å². The van der Waals surface area contributed by atoms with Gasteiger partial charge in [-0.3, -0.25) is 0 Å². The molecule has 1 N–H and O–H groups in total. The van der Waals surface area contributed by atoms with E-state index in [0.29, 0.717) is 19.6 Å². The molecule has 0 fully saturated rings. The van der Waals surface area contributed by atoms with Crippen molar-refractivity contribution in [1.82, 2.24) is 0 Å². The fourth-order valence-corrected chi connectivity index (χ4v) is 1.55. The third kappa shape index (κ3) is 9.10. The first-order valence-electron chi connectivity index (χ1n) is 6.23. The Kier molecular flexibility index (Phi) is 9.04. The molecule has 100 valence electrons. The number of aliphatic hydroxyl groups excluding tert-OH is 1. The van der Waals surface area contributed by atoms with Gasteiger partial charge in [0, 0.05) is 19.6 Å². The summed E-state index contributed by atoms with van der Waals surface area (Å²) in [5, 5.41) is 9.73. The molecule has 0 aromatic rings. The third-order valence-corrected chi connectivity index (χ3v) is 2.15. The number of hydrogen-bond donors (Lipinski definition) is 1. The number of hydrogen-bond acceptors (Lipinski definition) is 3. The smallest absolute Gasteiger partial charge is 0.161 e. The molecule has 3 heteroatoms. The predicted octanol–water partition coefficient (Wildman–Crippen LogP) is 3.05. The van der Waals surface area contributed by atoms with Crippen LogP contribution in [0.3, 0.4) is 0 Å². The summed E-state index contributed by atoms with van der Waals surface area (Å²) in [6.45, 7) is 11.1. The van der Waals surface area contributed by atoms with E-state index in [2.05, 4.69) is 0 Å². The summed E-state index contributed by atoms with van der Waals surface area (Å²) in [6, 6.07) is 0. The Hall–Kier alpha value is -0.640. The highest BCUT2D eigenvalue weighted by atomic mass is 16.7. The van der Waals surface area contributed by atoms with E-state index in [-0.39, 0.29) is 6.29 Å². The molecule has 0 rings (SSSR count). The van der Waals surface area contributed by atoms with Crippen LogP contribution in [0, 0.1) is 0 Å². The Bertz CT molecular complexity index is 246. The normalized spacial score (nSPS) is 13.9. The largest absolute Gasteiger partial charge is 0.385 e. The zero-order valence-electron chi connectivity index (χ0n) is 11.7. The van der Waals surface area contributed by atoms with E-state index < -0.39 is 6.10 Å². The maximum atomic E-state index is 9.73. The molecule has 0 amide bonds. The van der Waals surface area contributed by atoms with Gasteiger partial charge in [0.2, 0.25) is 0 Å². The first-order valence-corrected chi connectivity index (χ1v) is 6.23. The number of rotatable bonds is 8. The topological polar surface area (TPSA) is 38.7 Å². The predicted molar refractivity (Wildman–Crippen MR) is 70.9 cm³/mol. The summed E-state index contributed by atoms with van der Waals surface area (Å²) < 4.78 is 10.9. The summed E-state index contributed by atoms with van der Waals surface area (Å²) in [4.78, 5) is 0. The van der Waals surface area contributed by atoms with Crippen LogP contribution in [-0.4, -0.2) is 30.7 Å². The highest BCUT2D eigenvalue weighted by Crippen LogP contribution is 2.11. The lowest BCUT2D eigenvalue weighted by molar-refractivity contribution is -0.134. The van der Waals surface area contributed by atoms with Gasteiger partial charge in [-0.1, -0.05) is 23.3 Å². The molecule has 0 bridgehead atoms. The highest BCUT2D eigenvalue weighted by Gasteiger charge is 2.09. The highest BCUT2D eigenvalue weighted by molar-refractivity contribution is 5.11. The van der Waals surface area contributed by atoms with Crippen LogP contribution in [0.2, 0.25) is 0 Å². The molecule has 0 spiro atoms. The van der Waals surface area contributed by atoms with Gasteiger partial charge in [0.15, 0.2) is 6.29 Å². The molecule has 0 aromatic carbocycles. The van der Waals surface area contributed by atoms with Crippen LogP contribution in [0.1, 0.15) is 41.0 Å². The quantitative estimate of drug-likeness (QED) is 0.525. The van der Waals surface area contributed by atoms with Crippen molar-refractivity contribution in [2.75, 3.05) is 13.2 Å². The Morgan fingerprint density at radius 3 is 2.00 bits per heavy atom. The SMILES string of the molecule is CCOC(C/C(C)=C/C(O)C=C(C)C)OCC. The first kappa shape index (κ1) is 16.4. The van der Waals surface area contributed by atoms with E-state index in [1.54, 1.807) is 0 Å². The van der Waals surface area contributed by atoms with Crippen LogP contribution in [0.25, 0.3) is 0 Å². The van der Waals surface area contributed by atoms with Gasteiger partial charge in [-0.25, -0.2) is 0 Å². The zero-order valence-corrected chi connectivity index (χ0v) is 11.7. The van der Waals surface area contributed by atoms with Crippen LogP contribution in [-0.2, 0) is 9.47 Å². The average Bonchev–Trinajstić information content (AvgIpc) is 2.16. The molecule has 0 aliphatic heterocycles. The van der Waals surface area contributed by atoms with Crippen molar-refractivity contribution >= 4 is 0 Å². The molecule has 0 aliphatic rings. The van der Waals surface area contributed by atoms with Crippen molar-refractivity contribution in [3.05, 3.63) is 23.3 Å². The van der Waals surface area contributed by atoms with Crippen LogP contribution in [0.5, 0.6) is 0 Å². The van der Waals surface area contributed by atoms with Crippen LogP contribution < -0.4 is 0 Å². The molecule has 1 unspecified atom stereocenters. The maximum Gasteiger partial charge on any atom is 0.161 e. The van der Waals surface area contributed by atoms with Crippen molar-refractivity contribution in [1.29, 1.82) is 0 Å². The van der Waals surface area contributed by atoms with E-state index in [0.717, 1.165) is 11.1 Å². The van der Waals surface area contributed by atoms with E-state index in [1.807, 2.05) is 46.8 Å². The minimum absolute atomic E-state index is 0.208. The fraction of sp³-hybridized carbons (Fsp3) is 0.714. The van der Waals surface area contributed by atoms with Gasteiger partial charge >= 0.3 is 0 Å². The van der Waals surface area contributed by atoms with Gasteiger partial charge in [0.1, 0.15) is 0 Å². The summed E-state index contributed by atoms with van der Waals surface area (Å²) in [5.74, 6) is 0. The van der Waals surface area contributed by atoms with Gasteiger partial charge in [0.25, 0.3) is 0 Å².